The van der Waals surface area contributed by atoms with E-state index in [1.54, 1.807) is 7.05 Å². The smallest absolute Gasteiger partial charge is 0.355 e. The zero-order chi connectivity index (χ0) is 17.4. The number of carboxylic acids is 1. The third kappa shape index (κ3) is 2.76. The second kappa shape index (κ2) is 6.04. The molecule has 24 heavy (non-hydrogen) atoms. The highest BCUT2D eigenvalue weighted by Crippen LogP contribution is 2.32. The number of aromatic amines is 1. The van der Waals surface area contributed by atoms with Gasteiger partial charge in [-0.15, -0.1) is 11.3 Å². The fraction of sp³-hybridized carbons (Fsp3) is 0.125. The van der Waals surface area contributed by atoms with Crippen molar-refractivity contribution in [3.63, 3.8) is 0 Å². The molecule has 8 heteroatoms. The molecule has 2 heterocycles. The van der Waals surface area contributed by atoms with Crippen LogP contribution in [0.1, 0.15) is 27.1 Å². The van der Waals surface area contributed by atoms with E-state index in [0.29, 0.717) is 21.8 Å². The maximum Gasteiger partial charge on any atom is 0.355 e. The topological polar surface area (TPSA) is 88.0 Å². The van der Waals surface area contributed by atoms with E-state index < -0.39 is 17.7 Å². The Hall–Kier alpha value is -2.74. The minimum atomic E-state index is -1.12. The molecule has 1 aromatic carbocycles. The van der Waals surface area contributed by atoms with E-state index in [4.69, 9.17) is 5.11 Å². The summed E-state index contributed by atoms with van der Waals surface area (Å²) >= 11 is 1.16. The van der Waals surface area contributed by atoms with Gasteiger partial charge in [-0.25, -0.2) is 14.2 Å². The molecule has 0 saturated heterocycles. The molecule has 123 valence electrons. The maximum atomic E-state index is 13.1. The van der Waals surface area contributed by atoms with Crippen LogP contribution < -0.4 is 5.56 Å². The number of aryl methyl sites for hydroxylation is 1. The molecule has 0 spiro atoms. The first kappa shape index (κ1) is 16.1. The minimum absolute atomic E-state index is 0.0625. The number of halogens is 1. The Bertz CT molecular complexity index is 956. The highest BCUT2D eigenvalue weighted by molar-refractivity contribution is 7.10. The van der Waals surface area contributed by atoms with E-state index in [9.17, 15) is 14.0 Å². The Morgan fingerprint density at radius 1 is 1.42 bits per heavy atom. The first-order chi connectivity index (χ1) is 11.4. The van der Waals surface area contributed by atoms with Crippen LogP contribution in [0.2, 0.25) is 0 Å². The second-order valence-electron chi connectivity index (χ2n) is 5.20. The summed E-state index contributed by atoms with van der Waals surface area (Å²) < 4.78 is 14.7. The lowest BCUT2D eigenvalue weighted by Crippen LogP contribution is -2.06. The Balaban J connectivity index is 2.11. The maximum absolute atomic E-state index is 13.1. The summed E-state index contributed by atoms with van der Waals surface area (Å²) in [4.78, 5) is 27.3. The molecule has 1 atom stereocenters. The molecule has 2 aromatic heterocycles. The van der Waals surface area contributed by atoms with Crippen molar-refractivity contribution < 1.29 is 14.3 Å². The number of nitrogens with one attached hydrogen (secondary N) is 1. The predicted octanol–water partition coefficient (Wildman–Crippen LogP) is 2.64. The van der Waals surface area contributed by atoms with Crippen LogP contribution in [-0.2, 0) is 7.05 Å². The van der Waals surface area contributed by atoms with Crippen LogP contribution in [0.4, 0.5) is 4.39 Å². The quantitative estimate of drug-likeness (QED) is 0.760. The van der Waals surface area contributed by atoms with Gasteiger partial charge < -0.3 is 5.11 Å². The number of aromatic nitrogens is 3. The number of rotatable bonds is 4. The Kier molecular flexibility index (Phi) is 4.06. The fourth-order valence-electron chi connectivity index (χ4n) is 2.52. The molecule has 0 saturated carbocycles. The predicted molar refractivity (Wildman–Crippen MR) is 87.7 cm³/mol. The van der Waals surface area contributed by atoms with Gasteiger partial charge in [0.05, 0.1) is 17.2 Å². The molecule has 3 aromatic rings. The number of hydrogen-bond donors (Lipinski definition) is 2. The molecule has 2 N–H and O–H groups in total. The van der Waals surface area contributed by atoms with Crippen LogP contribution in [0.5, 0.6) is 0 Å². The highest BCUT2D eigenvalue weighted by atomic mass is 32.1. The van der Waals surface area contributed by atoms with E-state index >= 15 is 0 Å². The summed E-state index contributed by atoms with van der Waals surface area (Å²) in [6, 6.07) is 5.58. The largest absolute Gasteiger partial charge is 0.476 e. The molecule has 0 aliphatic rings. The first-order valence-electron chi connectivity index (χ1n) is 6.95. The normalized spacial score (nSPS) is 12.3. The van der Waals surface area contributed by atoms with Gasteiger partial charge in [0.2, 0.25) is 0 Å². The van der Waals surface area contributed by atoms with Crippen molar-refractivity contribution in [3.05, 3.63) is 69.1 Å². The third-order valence-corrected chi connectivity index (χ3v) is 4.57. The zero-order valence-electron chi connectivity index (χ0n) is 12.6. The number of carbonyl (C=O) groups is 1. The SMILES string of the molecule is [CH2]C(c1nc(C(=O)O)cs1)c1c(-c2ccc(F)cc2)c(=O)[nH]n1C. The summed E-state index contributed by atoms with van der Waals surface area (Å²) in [5.41, 5.74) is 1.08. The van der Waals surface area contributed by atoms with Crippen LogP contribution in [0.25, 0.3) is 11.1 Å². The Labute approximate surface area is 140 Å². The Morgan fingerprint density at radius 3 is 2.67 bits per heavy atom. The van der Waals surface area contributed by atoms with Gasteiger partial charge >= 0.3 is 5.97 Å². The molecule has 1 radical (unpaired) electrons. The number of nitrogens with zero attached hydrogens (tertiary/aromatic N) is 2. The number of thiazole rings is 1. The molecule has 0 aliphatic carbocycles. The number of benzene rings is 1. The van der Waals surface area contributed by atoms with Gasteiger partial charge in [0, 0.05) is 12.4 Å². The van der Waals surface area contributed by atoms with Crippen LogP contribution in [-0.4, -0.2) is 25.8 Å². The molecule has 0 aliphatic heterocycles. The van der Waals surface area contributed by atoms with Crippen molar-refractivity contribution in [2.24, 2.45) is 7.05 Å². The summed E-state index contributed by atoms with van der Waals surface area (Å²) in [5, 5.41) is 13.6. The monoisotopic (exact) mass is 346 g/mol. The molecule has 0 bridgehead atoms. The van der Waals surface area contributed by atoms with E-state index in [1.165, 1.54) is 34.3 Å². The van der Waals surface area contributed by atoms with Gasteiger partial charge in [0.15, 0.2) is 5.69 Å². The van der Waals surface area contributed by atoms with E-state index in [0.717, 1.165) is 11.3 Å². The highest BCUT2D eigenvalue weighted by Gasteiger charge is 2.24. The summed E-state index contributed by atoms with van der Waals surface area (Å²) in [6.07, 6.45) is 0. The Morgan fingerprint density at radius 2 is 2.08 bits per heavy atom. The number of aromatic carboxylic acids is 1. The van der Waals surface area contributed by atoms with E-state index in [2.05, 4.69) is 17.0 Å². The number of hydrogen-bond acceptors (Lipinski definition) is 4. The second-order valence-corrected chi connectivity index (χ2v) is 6.09. The lowest BCUT2D eigenvalue weighted by atomic mass is 9.98. The lowest BCUT2D eigenvalue weighted by molar-refractivity contribution is 0.0691. The van der Waals surface area contributed by atoms with Gasteiger partial charge in [0.1, 0.15) is 10.8 Å². The standard InChI is InChI=1S/C16H13FN3O3S/c1-8(15-18-11(7-24-15)16(22)23)13-12(14(21)19-20(13)2)9-3-5-10(17)6-4-9/h3-8H,1H2,2H3,(H,19,21)(H,22,23). The average molecular weight is 346 g/mol. The van der Waals surface area contributed by atoms with Crippen molar-refractivity contribution in [1.29, 1.82) is 0 Å². The molecule has 0 fully saturated rings. The van der Waals surface area contributed by atoms with Gasteiger partial charge in [-0.05, 0) is 24.6 Å². The van der Waals surface area contributed by atoms with Gasteiger partial charge in [-0.2, -0.15) is 0 Å². The average Bonchev–Trinajstić information content (AvgIpc) is 3.12. The van der Waals surface area contributed by atoms with E-state index in [-0.39, 0.29) is 11.3 Å². The number of H-pyrrole nitrogens is 1. The number of carboxylic acid groups (broad SMARTS) is 1. The van der Waals surface area contributed by atoms with Crippen LogP contribution >= 0.6 is 11.3 Å². The van der Waals surface area contributed by atoms with E-state index in [1.807, 2.05) is 0 Å². The van der Waals surface area contributed by atoms with Crippen molar-refractivity contribution in [2.45, 2.75) is 5.92 Å². The summed E-state index contributed by atoms with van der Waals surface area (Å²) in [5.74, 6) is -2.07. The molecule has 1 unspecified atom stereocenters. The van der Waals surface area contributed by atoms with Crippen molar-refractivity contribution in [2.75, 3.05) is 0 Å². The molecule has 0 amide bonds. The zero-order valence-corrected chi connectivity index (χ0v) is 13.4. The van der Waals surface area contributed by atoms with Gasteiger partial charge in [0.25, 0.3) is 5.56 Å². The lowest BCUT2D eigenvalue weighted by Gasteiger charge is -2.12. The van der Waals surface area contributed by atoms with Gasteiger partial charge in [-0.3, -0.25) is 14.6 Å². The third-order valence-electron chi connectivity index (χ3n) is 3.62. The van der Waals surface area contributed by atoms with Crippen molar-refractivity contribution >= 4 is 17.3 Å². The van der Waals surface area contributed by atoms with Crippen molar-refractivity contribution in [1.82, 2.24) is 14.8 Å². The van der Waals surface area contributed by atoms with Crippen LogP contribution in [0.3, 0.4) is 0 Å². The molecule has 6 nitrogen and oxygen atoms in total. The molecular formula is C16H13FN3O3S. The first-order valence-corrected chi connectivity index (χ1v) is 7.83. The van der Waals surface area contributed by atoms with Gasteiger partial charge in [-0.1, -0.05) is 12.1 Å². The minimum Gasteiger partial charge on any atom is -0.476 e. The van der Waals surface area contributed by atoms with Crippen molar-refractivity contribution in [3.8, 4) is 11.1 Å². The fourth-order valence-corrected chi connectivity index (χ4v) is 3.33. The molecular weight excluding hydrogens is 333 g/mol. The van der Waals surface area contributed by atoms with Crippen LogP contribution in [0, 0.1) is 12.7 Å². The summed E-state index contributed by atoms with van der Waals surface area (Å²) in [7, 11) is 1.66. The molecule has 3 rings (SSSR count). The van der Waals surface area contributed by atoms with Crippen LogP contribution in [0.15, 0.2) is 34.4 Å². The summed E-state index contributed by atoms with van der Waals surface area (Å²) in [6.45, 7) is 4.03.